The molecule has 2 rings (SSSR count). The minimum Gasteiger partial charge on any atom is -0.456 e. The van der Waals surface area contributed by atoms with Gasteiger partial charge in [-0.1, -0.05) is 26.8 Å². The third-order valence-electron chi connectivity index (χ3n) is 4.34. The minimum absolute atomic E-state index is 0.0225. The summed E-state index contributed by atoms with van der Waals surface area (Å²) >= 11 is 0. The van der Waals surface area contributed by atoms with E-state index < -0.39 is 0 Å². The predicted octanol–water partition coefficient (Wildman–Crippen LogP) is 3.93. The van der Waals surface area contributed by atoms with Crippen LogP contribution in [-0.2, 0) is 10.2 Å². The third kappa shape index (κ3) is 3.70. The molecule has 3 heteroatoms. The molecule has 1 aliphatic heterocycles. The van der Waals surface area contributed by atoms with Crippen LogP contribution in [0.5, 0.6) is 0 Å². The van der Waals surface area contributed by atoms with Gasteiger partial charge in [0.2, 0.25) is 0 Å². The molecule has 0 radical (unpaired) electrons. The number of hydrogen-bond donors (Lipinski definition) is 0. The van der Waals surface area contributed by atoms with Gasteiger partial charge >= 0.3 is 5.97 Å². The van der Waals surface area contributed by atoms with E-state index in [1.807, 2.05) is 18.2 Å². The van der Waals surface area contributed by atoms with Gasteiger partial charge in [0.25, 0.3) is 0 Å². The number of esters is 1. The molecule has 0 bridgehead atoms. The first-order valence-corrected chi connectivity index (χ1v) is 8.05. The van der Waals surface area contributed by atoms with Gasteiger partial charge in [-0.15, -0.1) is 0 Å². The van der Waals surface area contributed by atoms with E-state index in [0.717, 1.165) is 18.7 Å². The first kappa shape index (κ1) is 17.0. The van der Waals surface area contributed by atoms with Crippen molar-refractivity contribution >= 4 is 5.97 Å². The molecule has 1 aromatic rings. The minimum atomic E-state index is -0.206. The van der Waals surface area contributed by atoms with Crippen LogP contribution in [0.4, 0.5) is 0 Å². The van der Waals surface area contributed by atoms with Crippen LogP contribution in [-0.4, -0.2) is 35.6 Å². The quantitative estimate of drug-likeness (QED) is 0.775. The van der Waals surface area contributed by atoms with Crippen LogP contribution in [0.3, 0.4) is 0 Å². The van der Waals surface area contributed by atoms with Gasteiger partial charge in [-0.05, 0) is 56.4 Å². The summed E-state index contributed by atoms with van der Waals surface area (Å²) in [5, 5.41) is 0. The molecule has 0 unspecified atom stereocenters. The van der Waals surface area contributed by atoms with Crippen LogP contribution >= 0.6 is 0 Å². The number of carbonyl (C=O) groups is 1. The van der Waals surface area contributed by atoms with E-state index in [1.54, 1.807) is 0 Å². The van der Waals surface area contributed by atoms with Crippen molar-refractivity contribution in [2.24, 2.45) is 0 Å². The molecular weight excluding hydrogens is 274 g/mol. The van der Waals surface area contributed by atoms with E-state index in [2.05, 4.69) is 53.4 Å². The normalized spacial score (nSPS) is 17.2. The first-order chi connectivity index (χ1) is 9.98. The van der Waals surface area contributed by atoms with Crippen LogP contribution in [0, 0.1) is 6.92 Å². The molecule has 0 atom stereocenters. The van der Waals surface area contributed by atoms with Gasteiger partial charge in [0, 0.05) is 18.6 Å². The van der Waals surface area contributed by atoms with Crippen molar-refractivity contribution in [3.05, 3.63) is 34.9 Å². The Hall–Kier alpha value is -1.35. The van der Waals surface area contributed by atoms with Gasteiger partial charge in [-0.3, -0.25) is 4.90 Å². The molecule has 0 N–H and O–H groups in total. The molecule has 122 valence electrons. The van der Waals surface area contributed by atoms with Gasteiger partial charge in [0.15, 0.2) is 0 Å². The van der Waals surface area contributed by atoms with Crippen LogP contribution in [0.1, 0.15) is 63.0 Å². The van der Waals surface area contributed by atoms with E-state index >= 15 is 0 Å². The highest BCUT2D eigenvalue weighted by Crippen LogP contribution is 2.27. The molecular formula is C19H29NO2. The summed E-state index contributed by atoms with van der Waals surface area (Å²) in [5.41, 5.74) is 3.31. The molecule has 0 aliphatic carbocycles. The number of carbonyl (C=O) groups excluding carboxylic acids is 1. The smallest absolute Gasteiger partial charge is 0.338 e. The molecule has 1 aliphatic rings. The van der Waals surface area contributed by atoms with Crippen molar-refractivity contribution in [1.29, 1.82) is 0 Å². The second kappa shape index (κ2) is 5.69. The van der Waals surface area contributed by atoms with E-state index in [-0.39, 0.29) is 23.0 Å². The fraction of sp³-hybridized carbons (Fsp3) is 0.632. The standard InChI is InChI=1S/C19H29NO2/c1-13-10-14(8-9-16(13)18(2,3)4)17(21)22-15-11-20(12-15)19(5,6)7/h8-10,15H,11-12H2,1-7H3. The average Bonchev–Trinajstić information content (AvgIpc) is 2.29. The van der Waals surface area contributed by atoms with Crippen molar-refractivity contribution in [1.82, 2.24) is 4.90 Å². The predicted molar refractivity (Wildman–Crippen MR) is 90.4 cm³/mol. The molecule has 1 saturated heterocycles. The average molecular weight is 303 g/mol. The molecule has 3 nitrogen and oxygen atoms in total. The van der Waals surface area contributed by atoms with E-state index in [4.69, 9.17) is 4.74 Å². The summed E-state index contributed by atoms with van der Waals surface area (Å²) in [6, 6.07) is 5.88. The van der Waals surface area contributed by atoms with Crippen molar-refractivity contribution in [2.45, 2.75) is 65.5 Å². The van der Waals surface area contributed by atoms with E-state index in [9.17, 15) is 4.79 Å². The maximum absolute atomic E-state index is 12.3. The molecule has 0 saturated carbocycles. The summed E-state index contributed by atoms with van der Waals surface area (Å²) in [4.78, 5) is 14.6. The van der Waals surface area contributed by atoms with Gasteiger partial charge in [-0.2, -0.15) is 0 Å². The summed E-state index contributed by atoms with van der Waals surface area (Å²) in [7, 11) is 0. The Bertz CT molecular complexity index is 558. The number of hydrogen-bond acceptors (Lipinski definition) is 3. The summed E-state index contributed by atoms with van der Waals surface area (Å²) in [5.74, 6) is -0.206. The Morgan fingerprint density at radius 3 is 2.18 bits per heavy atom. The largest absolute Gasteiger partial charge is 0.456 e. The molecule has 1 fully saturated rings. The second-order valence-corrected chi connectivity index (χ2v) is 8.38. The Morgan fingerprint density at radius 1 is 1.14 bits per heavy atom. The Kier molecular flexibility index (Phi) is 4.40. The lowest BCUT2D eigenvalue weighted by Crippen LogP contribution is -2.60. The highest BCUT2D eigenvalue weighted by Gasteiger charge is 2.36. The van der Waals surface area contributed by atoms with Crippen LogP contribution in [0.2, 0.25) is 0 Å². The van der Waals surface area contributed by atoms with Crippen molar-refractivity contribution < 1.29 is 9.53 Å². The summed E-state index contributed by atoms with van der Waals surface area (Å²) in [6.07, 6.45) is 0.0225. The lowest BCUT2D eigenvalue weighted by atomic mass is 9.83. The zero-order valence-electron chi connectivity index (χ0n) is 15.0. The maximum Gasteiger partial charge on any atom is 0.338 e. The fourth-order valence-corrected chi connectivity index (χ4v) is 2.91. The van der Waals surface area contributed by atoms with Gasteiger partial charge < -0.3 is 4.74 Å². The third-order valence-corrected chi connectivity index (χ3v) is 4.34. The molecule has 22 heavy (non-hydrogen) atoms. The van der Waals surface area contributed by atoms with Gasteiger partial charge in [0.1, 0.15) is 6.10 Å². The van der Waals surface area contributed by atoms with Crippen LogP contribution in [0.15, 0.2) is 18.2 Å². The van der Waals surface area contributed by atoms with Gasteiger partial charge in [0.05, 0.1) is 5.56 Å². The summed E-state index contributed by atoms with van der Waals surface area (Å²) in [6.45, 7) is 16.8. The lowest BCUT2D eigenvalue weighted by Gasteiger charge is -2.46. The van der Waals surface area contributed by atoms with Crippen molar-refractivity contribution in [3.63, 3.8) is 0 Å². The lowest BCUT2D eigenvalue weighted by molar-refractivity contribution is -0.0645. The van der Waals surface area contributed by atoms with Crippen molar-refractivity contribution in [2.75, 3.05) is 13.1 Å². The zero-order valence-corrected chi connectivity index (χ0v) is 15.0. The monoisotopic (exact) mass is 303 g/mol. The van der Waals surface area contributed by atoms with Crippen molar-refractivity contribution in [3.8, 4) is 0 Å². The Labute approximate surface area is 134 Å². The van der Waals surface area contributed by atoms with Crippen LogP contribution < -0.4 is 0 Å². The summed E-state index contributed by atoms with van der Waals surface area (Å²) < 4.78 is 5.60. The second-order valence-electron chi connectivity index (χ2n) is 8.38. The maximum atomic E-state index is 12.3. The topological polar surface area (TPSA) is 29.5 Å². The number of ether oxygens (including phenoxy) is 1. The zero-order chi connectivity index (χ0) is 16.7. The Balaban J connectivity index is 1.99. The van der Waals surface area contributed by atoms with Gasteiger partial charge in [-0.25, -0.2) is 4.79 Å². The number of aryl methyl sites for hydroxylation is 1. The highest BCUT2D eigenvalue weighted by molar-refractivity contribution is 5.90. The molecule has 1 heterocycles. The number of benzene rings is 1. The first-order valence-electron chi connectivity index (χ1n) is 8.05. The Morgan fingerprint density at radius 2 is 1.73 bits per heavy atom. The number of rotatable bonds is 2. The van der Waals surface area contributed by atoms with E-state index in [0.29, 0.717) is 5.56 Å². The fourth-order valence-electron chi connectivity index (χ4n) is 2.91. The molecule has 0 spiro atoms. The van der Waals surface area contributed by atoms with Crippen LogP contribution in [0.25, 0.3) is 0 Å². The highest BCUT2D eigenvalue weighted by atomic mass is 16.5. The van der Waals surface area contributed by atoms with E-state index in [1.165, 1.54) is 5.56 Å². The number of nitrogens with zero attached hydrogens (tertiary/aromatic N) is 1. The molecule has 0 aromatic heterocycles. The number of likely N-dealkylation sites (tertiary alicyclic amines) is 1. The molecule has 0 amide bonds. The molecule has 1 aromatic carbocycles. The SMILES string of the molecule is Cc1cc(C(=O)OC2CN(C(C)(C)C)C2)ccc1C(C)(C)C.